The molecule has 0 aromatic carbocycles. The molecule has 0 spiro atoms. The number of hydrogen-bond acceptors (Lipinski definition) is 3. The molecule has 0 amide bonds. The lowest BCUT2D eigenvalue weighted by Crippen LogP contribution is -2.48. The van der Waals surface area contributed by atoms with Crippen molar-refractivity contribution in [1.29, 1.82) is 0 Å². The molecule has 1 saturated carbocycles. The highest BCUT2D eigenvalue weighted by atomic mass is 16.4. The van der Waals surface area contributed by atoms with Crippen LogP contribution in [0.3, 0.4) is 0 Å². The van der Waals surface area contributed by atoms with Crippen molar-refractivity contribution in [3.63, 3.8) is 0 Å². The van der Waals surface area contributed by atoms with Crippen molar-refractivity contribution in [2.24, 2.45) is 5.73 Å². The lowest BCUT2D eigenvalue weighted by atomic mass is 9.90. The van der Waals surface area contributed by atoms with Crippen LogP contribution in [0.1, 0.15) is 25.7 Å². The molecule has 1 rings (SSSR count). The van der Waals surface area contributed by atoms with Gasteiger partial charge in [0.05, 0.1) is 0 Å². The molecule has 4 heteroatoms. The summed E-state index contributed by atoms with van der Waals surface area (Å²) in [4.78, 5) is 12.8. The van der Waals surface area contributed by atoms with Gasteiger partial charge in [0.25, 0.3) is 0 Å². The predicted octanol–water partition coefficient (Wildman–Crippen LogP) is 0.273. The zero-order valence-corrected chi connectivity index (χ0v) is 8.07. The van der Waals surface area contributed by atoms with Crippen molar-refractivity contribution >= 4 is 5.97 Å². The fourth-order valence-corrected chi connectivity index (χ4v) is 1.71. The second-order valence-electron chi connectivity index (χ2n) is 3.68. The molecule has 1 atom stereocenters. The molecule has 0 aromatic rings. The van der Waals surface area contributed by atoms with Crippen LogP contribution in [-0.2, 0) is 4.79 Å². The standard InChI is InChI=1S/C9H18N2O2/c1-11(7-3-2-4-7)8(5-6-10)9(12)13/h7-8H,2-6,10H2,1H3,(H,12,13). The van der Waals surface area contributed by atoms with Gasteiger partial charge in [-0.1, -0.05) is 6.42 Å². The topological polar surface area (TPSA) is 66.6 Å². The Morgan fingerprint density at radius 2 is 2.31 bits per heavy atom. The highest BCUT2D eigenvalue weighted by molar-refractivity contribution is 5.73. The van der Waals surface area contributed by atoms with E-state index in [0.717, 1.165) is 12.8 Å². The summed E-state index contributed by atoms with van der Waals surface area (Å²) >= 11 is 0. The molecule has 0 bridgehead atoms. The Bertz CT molecular complexity index is 180. The van der Waals surface area contributed by atoms with Crippen molar-refractivity contribution < 1.29 is 9.90 Å². The van der Waals surface area contributed by atoms with E-state index in [0.29, 0.717) is 19.0 Å². The molecule has 3 N–H and O–H groups in total. The summed E-state index contributed by atoms with van der Waals surface area (Å²) in [5, 5.41) is 8.95. The number of carbonyl (C=O) groups is 1. The van der Waals surface area contributed by atoms with E-state index in [2.05, 4.69) is 0 Å². The van der Waals surface area contributed by atoms with Crippen LogP contribution in [0.5, 0.6) is 0 Å². The second kappa shape index (κ2) is 4.58. The van der Waals surface area contributed by atoms with Gasteiger partial charge in [-0.15, -0.1) is 0 Å². The molecular weight excluding hydrogens is 168 g/mol. The fraction of sp³-hybridized carbons (Fsp3) is 0.889. The highest BCUT2D eigenvalue weighted by Gasteiger charge is 2.30. The maximum absolute atomic E-state index is 10.9. The molecule has 13 heavy (non-hydrogen) atoms. The number of likely N-dealkylation sites (N-methyl/N-ethyl adjacent to an activating group) is 1. The van der Waals surface area contributed by atoms with Crippen LogP contribution in [0.15, 0.2) is 0 Å². The zero-order chi connectivity index (χ0) is 9.84. The van der Waals surface area contributed by atoms with Crippen molar-refractivity contribution in [3.05, 3.63) is 0 Å². The van der Waals surface area contributed by atoms with Crippen LogP contribution in [0.2, 0.25) is 0 Å². The Hall–Kier alpha value is -0.610. The summed E-state index contributed by atoms with van der Waals surface area (Å²) in [6.45, 7) is 0.439. The van der Waals surface area contributed by atoms with Gasteiger partial charge in [0.2, 0.25) is 0 Å². The van der Waals surface area contributed by atoms with E-state index in [-0.39, 0.29) is 0 Å². The van der Waals surface area contributed by atoms with Gasteiger partial charge in [0, 0.05) is 6.04 Å². The minimum atomic E-state index is -0.750. The molecule has 76 valence electrons. The number of aliphatic carboxylic acids is 1. The third kappa shape index (κ3) is 2.42. The Labute approximate surface area is 78.7 Å². The molecule has 0 heterocycles. The van der Waals surface area contributed by atoms with Crippen LogP contribution >= 0.6 is 0 Å². The third-order valence-electron chi connectivity index (χ3n) is 2.87. The monoisotopic (exact) mass is 186 g/mol. The Kier molecular flexibility index (Phi) is 3.69. The van der Waals surface area contributed by atoms with Gasteiger partial charge >= 0.3 is 5.97 Å². The predicted molar refractivity (Wildman–Crippen MR) is 50.5 cm³/mol. The average molecular weight is 186 g/mol. The van der Waals surface area contributed by atoms with Crippen LogP contribution < -0.4 is 5.73 Å². The molecule has 1 unspecified atom stereocenters. The zero-order valence-electron chi connectivity index (χ0n) is 8.07. The fourth-order valence-electron chi connectivity index (χ4n) is 1.71. The van der Waals surface area contributed by atoms with Gasteiger partial charge in [0.1, 0.15) is 6.04 Å². The van der Waals surface area contributed by atoms with Crippen LogP contribution in [-0.4, -0.2) is 41.7 Å². The first-order valence-electron chi connectivity index (χ1n) is 4.81. The number of nitrogens with zero attached hydrogens (tertiary/aromatic N) is 1. The van der Waals surface area contributed by atoms with Crippen molar-refractivity contribution in [2.75, 3.05) is 13.6 Å². The quantitative estimate of drug-likeness (QED) is 0.647. The van der Waals surface area contributed by atoms with Gasteiger partial charge < -0.3 is 10.8 Å². The Morgan fingerprint density at radius 1 is 1.69 bits per heavy atom. The largest absolute Gasteiger partial charge is 0.480 e. The van der Waals surface area contributed by atoms with Gasteiger partial charge in [-0.2, -0.15) is 0 Å². The summed E-state index contributed by atoms with van der Waals surface area (Å²) < 4.78 is 0. The molecule has 1 fully saturated rings. The average Bonchev–Trinajstić information content (AvgIpc) is 1.95. The molecule has 1 aliphatic rings. The Balaban J connectivity index is 2.46. The summed E-state index contributed by atoms with van der Waals surface area (Å²) in [5.74, 6) is -0.750. The van der Waals surface area contributed by atoms with E-state index in [1.165, 1.54) is 6.42 Å². The lowest BCUT2D eigenvalue weighted by Gasteiger charge is -2.38. The first kappa shape index (κ1) is 10.5. The van der Waals surface area contributed by atoms with Crippen LogP contribution in [0.25, 0.3) is 0 Å². The number of carboxylic acids is 1. The molecule has 0 radical (unpaired) electrons. The van der Waals surface area contributed by atoms with E-state index >= 15 is 0 Å². The van der Waals surface area contributed by atoms with Gasteiger partial charge in [-0.3, -0.25) is 9.69 Å². The second-order valence-corrected chi connectivity index (χ2v) is 3.68. The molecule has 0 saturated heterocycles. The van der Waals surface area contributed by atoms with Crippen LogP contribution in [0, 0.1) is 0 Å². The van der Waals surface area contributed by atoms with Gasteiger partial charge in [-0.05, 0) is 32.9 Å². The smallest absolute Gasteiger partial charge is 0.320 e. The van der Waals surface area contributed by atoms with E-state index in [1.54, 1.807) is 0 Å². The number of carboxylic acid groups (broad SMARTS) is 1. The summed E-state index contributed by atoms with van der Waals surface area (Å²) in [6, 6.07) is 0.0722. The minimum absolute atomic E-state index is 0.393. The molecule has 0 aliphatic heterocycles. The first-order chi connectivity index (χ1) is 6.16. The van der Waals surface area contributed by atoms with E-state index in [1.807, 2.05) is 11.9 Å². The summed E-state index contributed by atoms with van der Waals surface area (Å²) in [6.07, 6.45) is 4.03. The van der Waals surface area contributed by atoms with E-state index in [9.17, 15) is 4.79 Å². The maximum Gasteiger partial charge on any atom is 0.320 e. The molecule has 1 aliphatic carbocycles. The van der Waals surface area contributed by atoms with Crippen molar-refractivity contribution in [2.45, 2.75) is 37.8 Å². The highest BCUT2D eigenvalue weighted by Crippen LogP contribution is 2.25. The third-order valence-corrected chi connectivity index (χ3v) is 2.87. The summed E-state index contributed by atoms with van der Waals surface area (Å²) in [7, 11) is 1.89. The minimum Gasteiger partial charge on any atom is -0.480 e. The first-order valence-corrected chi connectivity index (χ1v) is 4.81. The normalized spacial score (nSPS) is 19.9. The van der Waals surface area contributed by atoms with Crippen molar-refractivity contribution in [3.8, 4) is 0 Å². The number of rotatable bonds is 5. The lowest BCUT2D eigenvalue weighted by molar-refractivity contribution is -0.144. The SMILES string of the molecule is CN(C1CCC1)C(CCN)C(=O)O. The van der Waals surface area contributed by atoms with E-state index < -0.39 is 12.0 Å². The Morgan fingerprint density at radius 3 is 2.62 bits per heavy atom. The van der Waals surface area contributed by atoms with Gasteiger partial charge in [0.15, 0.2) is 0 Å². The molecule has 0 aromatic heterocycles. The van der Waals surface area contributed by atoms with Crippen LogP contribution in [0.4, 0.5) is 0 Å². The van der Waals surface area contributed by atoms with Gasteiger partial charge in [-0.25, -0.2) is 0 Å². The van der Waals surface area contributed by atoms with Crippen molar-refractivity contribution in [1.82, 2.24) is 4.90 Å². The van der Waals surface area contributed by atoms with E-state index in [4.69, 9.17) is 10.8 Å². The maximum atomic E-state index is 10.9. The molecular formula is C9H18N2O2. The molecule has 4 nitrogen and oxygen atoms in total. The number of nitrogens with two attached hydrogens (primary N) is 1. The number of hydrogen-bond donors (Lipinski definition) is 2. The summed E-state index contributed by atoms with van der Waals surface area (Å²) in [5.41, 5.74) is 5.37.